The molecule has 0 fully saturated rings. The van der Waals surface area contributed by atoms with Crippen LogP contribution in [0.2, 0.25) is 0 Å². The third kappa shape index (κ3) is 2.55. The van der Waals surface area contributed by atoms with Crippen molar-refractivity contribution in [3.05, 3.63) is 47.8 Å². The van der Waals surface area contributed by atoms with Gasteiger partial charge in [0.05, 0.1) is 6.54 Å². The zero-order chi connectivity index (χ0) is 12.4. The third-order valence-corrected chi connectivity index (χ3v) is 3.78. The van der Waals surface area contributed by atoms with E-state index in [-0.39, 0.29) is 4.60 Å². The van der Waals surface area contributed by atoms with Gasteiger partial charge in [0.2, 0.25) is 0 Å². The van der Waals surface area contributed by atoms with Crippen LogP contribution in [0.1, 0.15) is 4.88 Å². The van der Waals surface area contributed by atoms with Crippen LogP contribution in [0.15, 0.2) is 31.7 Å². The topological polar surface area (TPSA) is 56.9 Å². The zero-order valence-corrected chi connectivity index (χ0v) is 11.5. The van der Waals surface area contributed by atoms with Crippen molar-refractivity contribution >= 4 is 27.3 Å². The Bertz CT molecular complexity index is 630. The Morgan fingerprint density at radius 2 is 2.24 bits per heavy atom. The molecular formula is C10H10BrN3O2S. The van der Waals surface area contributed by atoms with Gasteiger partial charge in [-0.1, -0.05) is 6.07 Å². The highest BCUT2D eigenvalue weighted by Gasteiger charge is 2.08. The van der Waals surface area contributed by atoms with Crippen molar-refractivity contribution in [1.82, 2.24) is 14.3 Å². The minimum Gasteiger partial charge on any atom is -0.266 e. The van der Waals surface area contributed by atoms with E-state index in [1.165, 1.54) is 16.6 Å². The predicted octanol–water partition coefficient (Wildman–Crippen LogP) is 1.01. The standard InChI is InChI=1S/C10H10BrN3O2S/c1-13-9(15)8(11)12-14(10(13)16)5-4-7-3-2-6-17-7/h2-3,6H,4-5H2,1H3. The van der Waals surface area contributed by atoms with E-state index in [0.29, 0.717) is 6.54 Å². The molecule has 2 rings (SSSR count). The minimum atomic E-state index is -0.414. The Labute approximate surface area is 109 Å². The summed E-state index contributed by atoms with van der Waals surface area (Å²) in [6.07, 6.45) is 0.731. The van der Waals surface area contributed by atoms with Crippen molar-refractivity contribution in [2.75, 3.05) is 0 Å². The molecule has 0 saturated heterocycles. The van der Waals surface area contributed by atoms with Gasteiger partial charge in [0.15, 0.2) is 4.60 Å². The minimum absolute atomic E-state index is 0.158. The second-order valence-electron chi connectivity index (χ2n) is 3.49. The van der Waals surface area contributed by atoms with Crippen LogP contribution in [0.5, 0.6) is 0 Å². The molecule has 17 heavy (non-hydrogen) atoms. The molecule has 2 aromatic heterocycles. The lowest BCUT2D eigenvalue weighted by Crippen LogP contribution is -2.40. The van der Waals surface area contributed by atoms with E-state index in [9.17, 15) is 9.59 Å². The van der Waals surface area contributed by atoms with Crippen molar-refractivity contribution < 1.29 is 0 Å². The van der Waals surface area contributed by atoms with Gasteiger partial charge < -0.3 is 0 Å². The summed E-state index contributed by atoms with van der Waals surface area (Å²) in [5, 5.41) is 5.91. The maximum atomic E-state index is 11.7. The van der Waals surface area contributed by atoms with Crippen LogP contribution in [0.3, 0.4) is 0 Å². The molecular weight excluding hydrogens is 306 g/mol. The van der Waals surface area contributed by atoms with Gasteiger partial charge in [-0.3, -0.25) is 9.36 Å². The van der Waals surface area contributed by atoms with Gasteiger partial charge in [-0.15, -0.1) is 11.3 Å². The number of aryl methyl sites for hydroxylation is 2. The Hall–Kier alpha value is -1.21. The van der Waals surface area contributed by atoms with Gasteiger partial charge in [-0.2, -0.15) is 5.10 Å². The van der Waals surface area contributed by atoms with Gasteiger partial charge >= 0.3 is 5.69 Å². The van der Waals surface area contributed by atoms with Crippen molar-refractivity contribution in [3.8, 4) is 0 Å². The van der Waals surface area contributed by atoms with Crippen LogP contribution in [-0.4, -0.2) is 14.3 Å². The molecule has 0 atom stereocenters. The first-order chi connectivity index (χ1) is 8.09. The zero-order valence-electron chi connectivity index (χ0n) is 9.09. The number of thiophene rings is 1. The normalized spacial score (nSPS) is 10.7. The molecule has 5 nitrogen and oxygen atoms in total. The van der Waals surface area contributed by atoms with Crippen LogP contribution in [0, 0.1) is 0 Å². The van der Waals surface area contributed by atoms with Gasteiger partial charge in [0.1, 0.15) is 0 Å². The second-order valence-corrected chi connectivity index (χ2v) is 5.27. The molecule has 0 radical (unpaired) electrons. The molecule has 2 heterocycles. The summed E-state index contributed by atoms with van der Waals surface area (Å²) in [6, 6.07) is 3.97. The summed E-state index contributed by atoms with van der Waals surface area (Å²) in [7, 11) is 1.44. The lowest BCUT2D eigenvalue weighted by Gasteiger charge is -2.05. The molecule has 0 unspecified atom stereocenters. The van der Waals surface area contributed by atoms with Gasteiger partial charge in [-0.05, 0) is 27.4 Å². The summed E-state index contributed by atoms with van der Waals surface area (Å²) in [5.41, 5.74) is -0.808. The van der Waals surface area contributed by atoms with Crippen molar-refractivity contribution in [2.24, 2.45) is 7.05 Å². The van der Waals surface area contributed by atoms with E-state index in [1.807, 2.05) is 17.5 Å². The Balaban J connectivity index is 2.28. The largest absolute Gasteiger partial charge is 0.347 e. The fourth-order valence-electron chi connectivity index (χ4n) is 1.41. The van der Waals surface area contributed by atoms with Gasteiger partial charge in [0.25, 0.3) is 5.56 Å². The number of hydrogen-bond donors (Lipinski definition) is 0. The molecule has 0 aromatic carbocycles. The average Bonchev–Trinajstić information content (AvgIpc) is 2.82. The van der Waals surface area contributed by atoms with Gasteiger partial charge in [-0.25, -0.2) is 9.48 Å². The SMILES string of the molecule is Cn1c(=O)c(Br)nn(CCc2cccs2)c1=O. The highest BCUT2D eigenvalue weighted by molar-refractivity contribution is 9.10. The average molecular weight is 316 g/mol. The number of hydrogen-bond acceptors (Lipinski definition) is 4. The van der Waals surface area contributed by atoms with Gasteiger partial charge in [0, 0.05) is 18.3 Å². The summed E-state index contributed by atoms with van der Waals surface area (Å²) in [4.78, 5) is 24.3. The molecule has 2 aromatic rings. The summed E-state index contributed by atoms with van der Waals surface area (Å²) < 4.78 is 2.50. The van der Waals surface area contributed by atoms with E-state index < -0.39 is 11.2 Å². The quantitative estimate of drug-likeness (QED) is 0.849. The second kappa shape index (κ2) is 4.97. The molecule has 0 saturated carbocycles. The predicted molar refractivity (Wildman–Crippen MR) is 69.5 cm³/mol. The molecule has 0 aliphatic carbocycles. The van der Waals surface area contributed by atoms with Crippen molar-refractivity contribution in [1.29, 1.82) is 0 Å². The maximum absolute atomic E-state index is 11.7. The molecule has 0 N–H and O–H groups in total. The first-order valence-electron chi connectivity index (χ1n) is 4.95. The maximum Gasteiger partial charge on any atom is 0.347 e. The molecule has 0 aliphatic heterocycles. The Morgan fingerprint density at radius 3 is 2.88 bits per heavy atom. The highest BCUT2D eigenvalue weighted by Crippen LogP contribution is 2.09. The van der Waals surface area contributed by atoms with E-state index in [0.717, 1.165) is 11.0 Å². The highest BCUT2D eigenvalue weighted by atomic mass is 79.9. The lowest BCUT2D eigenvalue weighted by atomic mass is 10.3. The van der Waals surface area contributed by atoms with E-state index >= 15 is 0 Å². The smallest absolute Gasteiger partial charge is 0.266 e. The van der Waals surface area contributed by atoms with Crippen LogP contribution in [-0.2, 0) is 20.0 Å². The molecule has 0 amide bonds. The number of aromatic nitrogens is 3. The molecule has 90 valence electrons. The van der Waals surface area contributed by atoms with Crippen LogP contribution >= 0.6 is 27.3 Å². The van der Waals surface area contributed by atoms with Crippen molar-refractivity contribution in [2.45, 2.75) is 13.0 Å². The fourth-order valence-corrected chi connectivity index (χ4v) is 2.56. The summed E-state index contributed by atoms with van der Waals surface area (Å²) in [6.45, 7) is 0.464. The molecule has 7 heteroatoms. The lowest BCUT2D eigenvalue weighted by molar-refractivity contribution is 0.515. The number of nitrogens with zero attached hydrogens (tertiary/aromatic N) is 3. The Kier molecular flexibility index (Phi) is 3.58. The van der Waals surface area contributed by atoms with Crippen molar-refractivity contribution in [3.63, 3.8) is 0 Å². The monoisotopic (exact) mass is 315 g/mol. The van der Waals surface area contributed by atoms with E-state index in [2.05, 4.69) is 21.0 Å². The van der Waals surface area contributed by atoms with E-state index in [1.54, 1.807) is 11.3 Å². The number of halogens is 1. The Morgan fingerprint density at radius 1 is 1.47 bits per heavy atom. The van der Waals surface area contributed by atoms with Crippen LogP contribution in [0.25, 0.3) is 0 Å². The summed E-state index contributed by atoms with van der Waals surface area (Å²) in [5.74, 6) is 0. The molecule has 0 bridgehead atoms. The third-order valence-electron chi connectivity index (χ3n) is 2.35. The molecule has 0 spiro atoms. The summed E-state index contributed by atoms with van der Waals surface area (Å²) >= 11 is 4.68. The number of rotatable bonds is 3. The van der Waals surface area contributed by atoms with Crippen LogP contribution < -0.4 is 11.2 Å². The fraction of sp³-hybridized carbons (Fsp3) is 0.300. The first kappa shape index (κ1) is 12.3. The molecule has 0 aliphatic rings. The van der Waals surface area contributed by atoms with Crippen LogP contribution in [0.4, 0.5) is 0 Å². The first-order valence-corrected chi connectivity index (χ1v) is 6.63. The van der Waals surface area contributed by atoms with E-state index in [4.69, 9.17) is 0 Å².